The van der Waals surface area contributed by atoms with Crippen LogP contribution in [0.1, 0.15) is 58.4 Å². The number of aryl methyl sites for hydroxylation is 1. The maximum Gasteiger partial charge on any atom is 0.229 e. The highest BCUT2D eigenvalue weighted by Gasteiger charge is 2.40. The Morgan fingerprint density at radius 2 is 1.70 bits per heavy atom. The Morgan fingerprint density at radius 3 is 2.30 bits per heavy atom. The topological polar surface area (TPSA) is 84.2 Å². The number of hydrogen-bond acceptors (Lipinski definition) is 3. The first kappa shape index (κ1) is 19.9. The minimum atomic E-state index is -0.465. The van der Waals surface area contributed by atoms with Gasteiger partial charge in [0.15, 0.2) is 0 Å². The molecule has 0 saturated heterocycles. The van der Waals surface area contributed by atoms with E-state index < -0.39 is 5.41 Å². The quantitative estimate of drug-likeness (QED) is 0.749. The molecule has 2 atom stereocenters. The molecule has 2 aliphatic rings. The van der Waals surface area contributed by atoms with Gasteiger partial charge in [-0.25, -0.2) is 0 Å². The fourth-order valence-electron chi connectivity index (χ4n) is 4.39. The van der Waals surface area contributed by atoms with E-state index in [4.69, 9.17) is 5.73 Å². The standard InChI is InChI=1S/C22H33N3O2/c1-13-8-9-17(24-21(27)22(2,3)4)12-18(13)25-20(26)16-10-14-6-5-7-15(11-16)19(14)23/h8-9,12,14-16,19H,5-7,10-11,23H2,1-4H3,(H,24,27)(H,25,26). The van der Waals surface area contributed by atoms with Crippen molar-refractivity contribution in [2.45, 2.75) is 65.8 Å². The highest BCUT2D eigenvalue weighted by atomic mass is 16.2. The molecule has 0 radical (unpaired) electrons. The smallest absolute Gasteiger partial charge is 0.229 e. The summed E-state index contributed by atoms with van der Waals surface area (Å²) in [5.41, 5.74) is 8.35. The van der Waals surface area contributed by atoms with Crippen molar-refractivity contribution in [3.05, 3.63) is 23.8 Å². The van der Waals surface area contributed by atoms with Crippen LogP contribution >= 0.6 is 0 Å². The van der Waals surface area contributed by atoms with E-state index in [1.54, 1.807) is 0 Å². The van der Waals surface area contributed by atoms with Gasteiger partial charge in [-0.05, 0) is 62.1 Å². The summed E-state index contributed by atoms with van der Waals surface area (Å²) in [6.07, 6.45) is 5.32. The van der Waals surface area contributed by atoms with Crippen molar-refractivity contribution in [3.63, 3.8) is 0 Å². The highest BCUT2D eigenvalue weighted by molar-refractivity contribution is 5.97. The monoisotopic (exact) mass is 371 g/mol. The Morgan fingerprint density at radius 1 is 1.07 bits per heavy atom. The molecule has 2 unspecified atom stereocenters. The second-order valence-corrected chi connectivity index (χ2v) is 9.42. The number of anilines is 2. The second-order valence-electron chi connectivity index (χ2n) is 9.42. The van der Waals surface area contributed by atoms with Gasteiger partial charge in [0.25, 0.3) is 0 Å². The molecule has 0 aliphatic heterocycles. The fraction of sp³-hybridized carbons (Fsp3) is 0.636. The van der Waals surface area contributed by atoms with Crippen molar-refractivity contribution in [1.29, 1.82) is 0 Å². The van der Waals surface area contributed by atoms with Crippen molar-refractivity contribution in [2.75, 3.05) is 10.6 Å². The Kier molecular flexibility index (Phi) is 5.61. The number of carbonyl (C=O) groups is 2. The molecule has 0 heterocycles. The van der Waals surface area contributed by atoms with E-state index in [0.717, 1.165) is 36.9 Å². The summed E-state index contributed by atoms with van der Waals surface area (Å²) in [6.45, 7) is 7.61. The van der Waals surface area contributed by atoms with E-state index in [0.29, 0.717) is 17.5 Å². The zero-order valence-corrected chi connectivity index (χ0v) is 17.0. The number of hydrogen-bond donors (Lipinski definition) is 3. The number of rotatable bonds is 3. The van der Waals surface area contributed by atoms with Crippen molar-refractivity contribution in [1.82, 2.24) is 0 Å². The van der Waals surface area contributed by atoms with Crippen LogP contribution in [-0.2, 0) is 9.59 Å². The SMILES string of the molecule is Cc1ccc(NC(=O)C(C)(C)C)cc1NC(=O)C1CC2CCCC(C1)C2N. The minimum Gasteiger partial charge on any atom is -0.327 e. The molecule has 27 heavy (non-hydrogen) atoms. The van der Waals surface area contributed by atoms with Crippen LogP contribution in [0, 0.1) is 30.1 Å². The van der Waals surface area contributed by atoms with Crippen LogP contribution in [0.25, 0.3) is 0 Å². The number of benzene rings is 1. The third kappa shape index (κ3) is 4.52. The lowest BCUT2D eigenvalue weighted by Gasteiger charge is -2.43. The van der Waals surface area contributed by atoms with E-state index in [2.05, 4.69) is 10.6 Å². The van der Waals surface area contributed by atoms with E-state index in [9.17, 15) is 9.59 Å². The molecule has 4 N–H and O–H groups in total. The third-order valence-corrected chi connectivity index (χ3v) is 6.22. The van der Waals surface area contributed by atoms with Gasteiger partial charge in [-0.15, -0.1) is 0 Å². The van der Waals surface area contributed by atoms with Gasteiger partial charge in [-0.1, -0.05) is 33.3 Å². The number of nitrogens with one attached hydrogen (secondary N) is 2. The first-order valence-electron chi connectivity index (χ1n) is 10.1. The molecule has 5 nitrogen and oxygen atoms in total. The summed E-state index contributed by atoms with van der Waals surface area (Å²) in [4.78, 5) is 25.1. The summed E-state index contributed by atoms with van der Waals surface area (Å²) in [5, 5.41) is 6.04. The van der Waals surface area contributed by atoms with Crippen molar-refractivity contribution < 1.29 is 9.59 Å². The normalized spacial score (nSPS) is 27.7. The molecule has 1 aromatic carbocycles. The molecule has 2 aliphatic carbocycles. The summed E-state index contributed by atoms with van der Waals surface area (Å²) in [7, 11) is 0. The lowest BCUT2D eigenvalue weighted by Crippen LogP contribution is -2.48. The minimum absolute atomic E-state index is 0.0346. The Bertz CT molecular complexity index is 709. The van der Waals surface area contributed by atoms with Crippen LogP contribution in [0.3, 0.4) is 0 Å². The molecule has 5 heteroatoms. The molecule has 148 valence electrons. The van der Waals surface area contributed by atoms with Gasteiger partial charge < -0.3 is 16.4 Å². The van der Waals surface area contributed by atoms with E-state index in [1.165, 1.54) is 6.42 Å². The van der Waals surface area contributed by atoms with E-state index in [-0.39, 0.29) is 23.8 Å². The van der Waals surface area contributed by atoms with Gasteiger partial charge in [0.2, 0.25) is 11.8 Å². The molecular weight excluding hydrogens is 338 g/mol. The van der Waals surface area contributed by atoms with Crippen LogP contribution in [-0.4, -0.2) is 17.9 Å². The first-order valence-corrected chi connectivity index (χ1v) is 10.1. The number of nitrogens with two attached hydrogens (primary N) is 1. The molecule has 2 fully saturated rings. The summed E-state index contributed by atoms with van der Waals surface area (Å²) in [6, 6.07) is 5.92. The summed E-state index contributed by atoms with van der Waals surface area (Å²) in [5.74, 6) is 1.03. The van der Waals surface area contributed by atoms with E-state index >= 15 is 0 Å². The van der Waals surface area contributed by atoms with Crippen LogP contribution in [0.15, 0.2) is 18.2 Å². The zero-order valence-electron chi connectivity index (χ0n) is 17.0. The van der Waals surface area contributed by atoms with Crippen molar-refractivity contribution in [3.8, 4) is 0 Å². The number of carbonyl (C=O) groups excluding carboxylic acids is 2. The van der Waals surface area contributed by atoms with Crippen LogP contribution in [0.4, 0.5) is 11.4 Å². The molecule has 2 amide bonds. The van der Waals surface area contributed by atoms with Gasteiger partial charge in [0, 0.05) is 28.7 Å². The Labute approximate surface area is 162 Å². The second kappa shape index (κ2) is 7.63. The average molecular weight is 372 g/mol. The molecule has 2 saturated carbocycles. The van der Waals surface area contributed by atoms with Crippen molar-refractivity contribution >= 4 is 23.2 Å². The first-order chi connectivity index (χ1) is 12.6. The van der Waals surface area contributed by atoms with Gasteiger partial charge in [0.05, 0.1) is 0 Å². The molecule has 2 bridgehead atoms. The van der Waals surface area contributed by atoms with Crippen LogP contribution in [0.2, 0.25) is 0 Å². The lowest BCUT2D eigenvalue weighted by molar-refractivity contribution is -0.123. The zero-order chi connectivity index (χ0) is 19.8. The molecule has 0 spiro atoms. The summed E-state index contributed by atoms with van der Waals surface area (Å²) < 4.78 is 0. The maximum atomic E-state index is 12.9. The largest absolute Gasteiger partial charge is 0.327 e. The Hall–Kier alpha value is -1.88. The Balaban J connectivity index is 1.69. The molecule has 0 aromatic heterocycles. The van der Waals surface area contributed by atoms with Crippen LogP contribution < -0.4 is 16.4 Å². The van der Waals surface area contributed by atoms with Crippen molar-refractivity contribution in [2.24, 2.45) is 28.9 Å². The predicted octanol–water partition coefficient (Wildman–Crippen LogP) is 4.07. The predicted molar refractivity (Wildman–Crippen MR) is 109 cm³/mol. The number of fused-ring (bicyclic) bond motifs is 2. The summed E-state index contributed by atoms with van der Waals surface area (Å²) >= 11 is 0. The highest BCUT2D eigenvalue weighted by Crippen LogP contribution is 2.42. The molecule has 3 rings (SSSR count). The van der Waals surface area contributed by atoms with E-state index in [1.807, 2.05) is 45.9 Å². The third-order valence-electron chi connectivity index (χ3n) is 6.22. The lowest BCUT2D eigenvalue weighted by atomic mass is 9.65. The van der Waals surface area contributed by atoms with Gasteiger partial charge >= 0.3 is 0 Å². The molecular formula is C22H33N3O2. The van der Waals surface area contributed by atoms with Gasteiger partial charge in [0.1, 0.15) is 0 Å². The van der Waals surface area contributed by atoms with Gasteiger partial charge in [-0.2, -0.15) is 0 Å². The molecule has 1 aromatic rings. The average Bonchev–Trinajstić information content (AvgIpc) is 2.56. The maximum absolute atomic E-state index is 12.9. The fourth-order valence-corrected chi connectivity index (χ4v) is 4.39. The van der Waals surface area contributed by atoms with Gasteiger partial charge in [-0.3, -0.25) is 9.59 Å². The number of amides is 2. The van der Waals surface area contributed by atoms with Crippen LogP contribution in [0.5, 0.6) is 0 Å².